The number of rotatable bonds is 5. The zero-order chi connectivity index (χ0) is 16.2. The van der Waals surface area contributed by atoms with Crippen LogP contribution in [0.3, 0.4) is 0 Å². The van der Waals surface area contributed by atoms with E-state index in [-0.39, 0.29) is 0 Å². The number of aliphatic hydroxyl groups excluding tert-OH is 1. The standard InChI is InChI=1S/C17H24N4OS/c1-3-15(23-2)14-10-18-17-9-8-16(20-21(14)17)19-13-6-4-12(11-22)5-7-13/h3,8-10,12-13,22H,4-7,11H2,1-2H3,(H,19,20)/b15-3-/t12-,13-. The fourth-order valence-electron chi connectivity index (χ4n) is 3.19. The van der Waals surface area contributed by atoms with Crippen LogP contribution < -0.4 is 5.32 Å². The number of anilines is 1. The maximum Gasteiger partial charge on any atom is 0.154 e. The van der Waals surface area contributed by atoms with Gasteiger partial charge in [0, 0.05) is 17.6 Å². The molecule has 0 aliphatic heterocycles. The van der Waals surface area contributed by atoms with Gasteiger partial charge in [0.25, 0.3) is 0 Å². The lowest BCUT2D eigenvalue weighted by atomic mass is 9.86. The number of allylic oxidation sites excluding steroid dienone is 1. The Labute approximate surface area is 141 Å². The second-order valence-electron chi connectivity index (χ2n) is 6.03. The summed E-state index contributed by atoms with van der Waals surface area (Å²) in [5.41, 5.74) is 1.89. The highest BCUT2D eigenvalue weighted by atomic mass is 32.2. The van der Waals surface area contributed by atoms with E-state index < -0.39 is 0 Å². The van der Waals surface area contributed by atoms with Crippen molar-refractivity contribution >= 4 is 28.1 Å². The zero-order valence-electron chi connectivity index (χ0n) is 13.7. The average molecular weight is 332 g/mol. The molecule has 0 amide bonds. The highest BCUT2D eigenvalue weighted by Gasteiger charge is 2.21. The molecule has 0 unspecified atom stereocenters. The number of nitrogens with one attached hydrogen (secondary N) is 1. The van der Waals surface area contributed by atoms with Crippen molar-refractivity contribution in [3.63, 3.8) is 0 Å². The molecule has 6 heteroatoms. The zero-order valence-corrected chi connectivity index (χ0v) is 14.5. The summed E-state index contributed by atoms with van der Waals surface area (Å²) in [6, 6.07) is 4.45. The van der Waals surface area contributed by atoms with Crippen molar-refractivity contribution < 1.29 is 5.11 Å². The number of hydrogen-bond donors (Lipinski definition) is 2. The van der Waals surface area contributed by atoms with Gasteiger partial charge in [0.1, 0.15) is 5.82 Å². The van der Waals surface area contributed by atoms with Crippen LogP contribution in [-0.4, -0.2) is 38.6 Å². The van der Waals surface area contributed by atoms with E-state index in [0.717, 1.165) is 42.8 Å². The first kappa shape index (κ1) is 16.3. The van der Waals surface area contributed by atoms with Crippen LogP contribution in [0.15, 0.2) is 24.4 Å². The van der Waals surface area contributed by atoms with Crippen molar-refractivity contribution in [2.75, 3.05) is 18.2 Å². The topological polar surface area (TPSA) is 62.5 Å². The first-order valence-electron chi connectivity index (χ1n) is 8.18. The van der Waals surface area contributed by atoms with E-state index in [1.54, 1.807) is 11.8 Å². The minimum Gasteiger partial charge on any atom is -0.396 e. The summed E-state index contributed by atoms with van der Waals surface area (Å²) in [7, 11) is 0. The van der Waals surface area contributed by atoms with E-state index in [0.29, 0.717) is 18.6 Å². The van der Waals surface area contributed by atoms with Gasteiger partial charge in [-0.05, 0) is 56.9 Å². The molecular weight excluding hydrogens is 308 g/mol. The maximum absolute atomic E-state index is 9.24. The summed E-state index contributed by atoms with van der Waals surface area (Å²) in [6.45, 7) is 2.35. The molecule has 1 aliphatic carbocycles. The van der Waals surface area contributed by atoms with Gasteiger partial charge in [-0.25, -0.2) is 9.50 Å². The molecule has 0 spiro atoms. The van der Waals surface area contributed by atoms with E-state index in [9.17, 15) is 5.11 Å². The monoisotopic (exact) mass is 332 g/mol. The lowest BCUT2D eigenvalue weighted by Crippen LogP contribution is -2.27. The Kier molecular flexibility index (Phi) is 5.23. The molecule has 2 aromatic rings. The summed E-state index contributed by atoms with van der Waals surface area (Å²) < 4.78 is 1.91. The molecule has 5 nitrogen and oxygen atoms in total. The SMILES string of the molecule is C/C=C(\SC)c1cnc2ccc(N[C@H]3CC[C@H](CO)CC3)nn12. The Morgan fingerprint density at radius 3 is 2.83 bits per heavy atom. The largest absolute Gasteiger partial charge is 0.396 e. The van der Waals surface area contributed by atoms with Crippen LogP contribution >= 0.6 is 11.8 Å². The smallest absolute Gasteiger partial charge is 0.154 e. The molecule has 2 heterocycles. The van der Waals surface area contributed by atoms with Crippen LogP contribution in [0.2, 0.25) is 0 Å². The third-order valence-electron chi connectivity index (χ3n) is 4.55. The predicted molar refractivity (Wildman–Crippen MR) is 96.6 cm³/mol. The summed E-state index contributed by atoms with van der Waals surface area (Å²) in [6.07, 6.45) is 10.4. The van der Waals surface area contributed by atoms with Gasteiger partial charge in [-0.3, -0.25) is 0 Å². The molecular formula is C17H24N4OS. The number of imidazole rings is 1. The van der Waals surface area contributed by atoms with E-state index in [4.69, 9.17) is 5.10 Å². The fraction of sp³-hybridized carbons (Fsp3) is 0.529. The van der Waals surface area contributed by atoms with Gasteiger partial charge < -0.3 is 10.4 Å². The summed E-state index contributed by atoms with van der Waals surface area (Å²) in [5, 5.41) is 17.5. The van der Waals surface area contributed by atoms with Crippen molar-refractivity contribution in [2.45, 2.75) is 38.6 Å². The summed E-state index contributed by atoms with van der Waals surface area (Å²) in [5.74, 6) is 1.36. The normalized spacial score (nSPS) is 22.5. The van der Waals surface area contributed by atoms with Crippen LogP contribution in [0.25, 0.3) is 10.6 Å². The third-order valence-corrected chi connectivity index (χ3v) is 5.44. The van der Waals surface area contributed by atoms with Crippen LogP contribution in [0.5, 0.6) is 0 Å². The van der Waals surface area contributed by atoms with E-state index >= 15 is 0 Å². The second kappa shape index (κ2) is 7.36. The average Bonchev–Trinajstić information content (AvgIpc) is 3.00. The van der Waals surface area contributed by atoms with Crippen LogP contribution in [0.1, 0.15) is 38.3 Å². The van der Waals surface area contributed by atoms with E-state index in [2.05, 4.69) is 22.6 Å². The lowest BCUT2D eigenvalue weighted by molar-refractivity contribution is 0.185. The second-order valence-corrected chi connectivity index (χ2v) is 6.88. The first-order valence-corrected chi connectivity index (χ1v) is 9.40. The number of fused-ring (bicyclic) bond motifs is 1. The highest BCUT2D eigenvalue weighted by molar-refractivity contribution is 8.07. The number of thioether (sulfide) groups is 1. The first-order chi connectivity index (χ1) is 11.2. The fourth-order valence-corrected chi connectivity index (χ4v) is 3.77. The Bertz CT molecular complexity index is 689. The molecule has 2 aromatic heterocycles. The van der Waals surface area contributed by atoms with E-state index in [1.807, 2.05) is 29.8 Å². The quantitative estimate of drug-likeness (QED) is 0.878. The van der Waals surface area contributed by atoms with Crippen molar-refractivity contribution in [3.05, 3.63) is 30.1 Å². The molecule has 23 heavy (non-hydrogen) atoms. The minimum absolute atomic E-state index is 0.316. The molecule has 3 rings (SSSR count). The number of aliphatic hydroxyl groups is 1. The number of hydrogen-bond acceptors (Lipinski definition) is 5. The maximum atomic E-state index is 9.24. The predicted octanol–water partition coefficient (Wildman–Crippen LogP) is 3.42. The van der Waals surface area contributed by atoms with Crippen LogP contribution in [0, 0.1) is 5.92 Å². The van der Waals surface area contributed by atoms with Crippen molar-refractivity contribution in [1.82, 2.24) is 14.6 Å². The van der Waals surface area contributed by atoms with Crippen LogP contribution in [-0.2, 0) is 0 Å². The van der Waals surface area contributed by atoms with Crippen molar-refractivity contribution in [2.24, 2.45) is 5.92 Å². The Morgan fingerprint density at radius 2 is 2.17 bits per heavy atom. The minimum atomic E-state index is 0.316. The molecule has 0 atom stereocenters. The molecule has 0 saturated heterocycles. The lowest BCUT2D eigenvalue weighted by Gasteiger charge is -2.28. The Balaban J connectivity index is 1.78. The van der Waals surface area contributed by atoms with Crippen molar-refractivity contribution in [3.8, 4) is 0 Å². The molecule has 0 bridgehead atoms. The molecule has 0 aromatic carbocycles. The highest BCUT2D eigenvalue weighted by Crippen LogP contribution is 2.27. The third kappa shape index (κ3) is 3.53. The molecule has 2 N–H and O–H groups in total. The Morgan fingerprint density at radius 1 is 1.39 bits per heavy atom. The van der Waals surface area contributed by atoms with Crippen molar-refractivity contribution in [1.29, 1.82) is 0 Å². The molecule has 0 radical (unpaired) electrons. The van der Waals surface area contributed by atoms with Crippen LogP contribution in [0.4, 0.5) is 5.82 Å². The van der Waals surface area contributed by atoms with Gasteiger partial charge in [-0.2, -0.15) is 0 Å². The molecule has 1 saturated carbocycles. The Hall–Kier alpha value is -1.53. The summed E-state index contributed by atoms with van der Waals surface area (Å²) in [4.78, 5) is 5.61. The van der Waals surface area contributed by atoms with E-state index in [1.165, 1.54) is 4.91 Å². The molecule has 1 fully saturated rings. The van der Waals surface area contributed by atoms with Gasteiger partial charge >= 0.3 is 0 Å². The number of nitrogens with zero attached hydrogens (tertiary/aromatic N) is 3. The molecule has 124 valence electrons. The van der Waals surface area contributed by atoms with Gasteiger partial charge in [0.2, 0.25) is 0 Å². The molecule has 1 aliphatic rings. The summed E-state index contributed by atoms with van der Waals surface area (Å²) >= 11 is 1.70. The van der Waals surface area contributed by atoms with Gasteiger partial charge in [-0.15, -0.1) is 16.9 Å². The number of aromatic nitrogens is 3. The van der Waals surface area contributed by atoms with Gasteiger partial charge in [0.15, 0.2) is 5.65 Å². The van der Waals surface area contributed by atoms with Gasteiger partial charge in [0.05, 0.1) is 11.9 Å². The van der Waals surface area contributed by atoms with Gasteiger partial charge in [-0.1, -0.05) is 6.08 Å².